The molecule has 0 amide bonds. The van der Waals surface area contributed by atoms with Crippen molar-refractivity contribution < 1.29 is 5.11 Å². The predicted octanol–water partition coefficient (Wildman–Crippen LogP) is 2.57. The fourth-order valence-corrected chi connectivity index (χ4v) is 3.11. The van der Waals surface area contributed by atoms with Crippen LogP contribution < -0.4 is 0 Å². The smallest absolute Gasteiger partial charge is 0.0795 e. The quantitative estimate of drug-likeness (QED) is 0.861. The van der Waals surface area contributed by atoms with Gasteiger partial charge in [0.2, 0.25) is 0 Å². The van der Waals surface area contributed by atoms with E-state index in [1.807, 2.05) is 5.51 Å². The van der Waals surface area contributed by atoms with Gasteiger partial charge in [-0.25, -0.2) is 4.98 Å². The number of aliphatic hydroxyl groups excluding tert-OH is 1. The lowest BCUT2D eigenvalue weighted by atomic mass is 10.3. The van der Waals surface area contributed by atoms with Crippen molar-refractivity contribution in [3.63, 3.8) is 0 Å². The first-order valence-corrected chi connectivity index (χ1v) is 7.83. The second kappa shape index (κ2) is 7.41. The number of hydrogen-bond donors (Lipinski definition) is 1. The van der Waals surface area contributed by atoms with Gasteiger partial charge >= 0.3 is 0 Å². The summed E-state index contributed by atoms with van der Waals surface area (Å²) < 4.78 is 0. The lowest BCUT2D eigenvalue weighted by Crippen LogP contribution is -2.16. The molecule has 2 aromatic rings. The van der Waals surface area contributed by atoms with Gasteiger partial charge in [-0.15, -0.1) is 22.7 Å². The molecule has 0 radical (unpaired) electrons. The standard InChI is InChI=1S/C14H16N2OS2/c1-16(7-13-10-18-11-15-13)8-14-6-12(9-19-14)4-2-3-5-17/h6,9-11,17H,3,5,7-8H2,1H3. The van der Waals surface area contributed by atoms with Crippen LogP contribution in [-0.2, 0) is 13.1 Å². The van der Waals surface area contributed by atoms with E-state index in [9.17, 15) is 0 Å². The minimum Gasteiger partial charge on any atom is -0.395 e. The zero-order valence-corrected chi connectivity index (χ0v) is 12.4. The molecule has 2 rings (SSSR count). The van der Waals surface area contributed by atoms with E-state index in [0.717, 1.165) is 24.3 Å². The van der Waals surface area contributed by atoms with Gasteiger partial charge in [-0.2, -0.15) is 0 Å². The second-order valence-corrected chi connectivity index (χ2v) is 5.94. The molecule has 0 spiro atoms. The summed E-state index contributed by atoms with van der Waals surface area (Å²) >= 11 is 3.35. The molecule has 100 valence electrons. The Morgan fingerprint density at radius 1 is 1.37 bits per heavy atom. The van der Waals surface area contributed by atoms with E-state index >= 15 is 0 Å². The van der Waals surface area contributed by atoms with Crippen molar-refractivity contribution in [2.75, 3.05) is 13.7 Å². The zero-order chi connectivity index (χ0) is 13.5. The Morgan fingerprint density at radius 3 is 3.00 bits per heavy atom. The van der Waals surface area contributed by atoms with Crippen LogP contribution in [0.3, 0.4) is 0 Å². The Morgan fingerprint density at radius 2 is 2.26 bits per heavy atom. The summed E-state index contributed by atoms with van der Waals surface area (Å²) in [5, 5.41) is 12.8. The SMILES string of the molecule is CN(Cc1cscn1)Cc1cc(C#CCCO)cs1. The molecule has 0 saturated carbocycles. The van der Waals surface area contributed by atoms with Crippen molar-refractivity contribution in [2.24, 2.45) is 0 Å². The van der Waals surface area contributed by atoms with E-state index in [1.165, 1.54) is 4.88 Å². The third-order valence-electron chi connectivity index (χ3n) is 2.46. The van der Waals surface area contributed by atoms with Gasteiger partial charge in [0.05, 0.1) is 17.8 Å². The molecule has 0 unspecified atom stereocenters. The molecule has 0 aliphatic rings. The Labute approximate surface area is 121 Å². The van der Waals surface area contributed by atoms with Crippen molar-refractivity contribution in [1.29, 1.82) is 0 Å². The first-order valence-electron chi connectivity index (χ1n) is 6.00. The van der Waals surface area contributed by atoms with Gasteiger partial charge in [-0.3, -0.25) is 4.90 Å². The molecule has 2 aromatic heterocycles. The van der Waals surface area contributed by atoms with Crippen LogP contribution >= 0.6 is 22.7 Å². The number of aliphatic hydroxyl groups is 1. The summed E-state index contributed by atoms with van der Waals surface area (Å²) in [6.45, 7) is 1.90. The molecular formula is C14H16N2OS2. The second-order valence-electron chi connectivity index (χ2n) is 4.23. The van der Waals surface area contributed by atoms with Crippen molar-refractivity contribution in [3.05, 3.63) is 38.5 Å². The Bertz CT molecular complexity index is 552. The lowest BCUT2D eigenvalue weighted by Gasteiger charge is -2.13. The molecule has 5 heteroatoms. The maximum Gasteiger partial charge on any atom is 0.0795 e. The minimum absolute atomic E-state index is 0.125. The van der Waals surface area contributed by atoms with Gasteiger partial charge in [-0.1, -0.05) is 11.8 Å². The van der Waals surface area contributed by atoms with E-state index in [-0.39, 0.29) is 6.61 Å². The number of nitrogens with zero attached hydrogens (tertiary/aromatic N) is 2. The Kier molecular flexibility index (Phi) is 5.55. The van der Waals surface area contributed by atoms with Crippen molar-refractivity contribution in [1.82, 2.24) is 9.88 Å². The first-order chi connectivity index (χ1) is 9.28. The predicted molar refractivity (Wildman–Crippen MR) is 80.2 cm³/mol. The highest BCUT2D eigenvalue weighted by Crippen LogP contribution is 2.16. The summed E-state index contributed by atoms with van der Waals surface area (Å²) in [6, 6.07) is 2.12. The van der Waals surface area contributed by atoms with Gasteiger partial charge in [0.15, 0.2) is 0 Å². The molecule has 1 N–H and O–H groups in total. The van der Waals surface area contributed by atoms with Gasteiger partial charge in [0.25, 0.3) is 0 Å². The highest BCUT2D eigenvalue weighted by molar-refractivity contribution is 7.10. The van der Waals surface area contributed by atoms with Crippen LogP contribution in [0.4, 0.5) is 0 Å². The summed E-state index contributed by atoms with van der Waals surface area (Å²) in [5.41, 5.74) is 4.02. The summed E-state index contributed by atoms with van der Waals surface area (Å²) in [6.07, 6.45) is 0.537. The third kappa shape index (κ3) is 4.77. The summed E-state index contributed by atoms with van der Waals surface area (Å²) in [5.74, 6) is 5.99. The number of rotatable bonds is 5. The van der Waals surface area contributed by atoms with Crippen LogP contribution in [0.25, 0.3) is 0 Å². The number of thiazole rings is 1. The van der Waals surface area contributed by atoms with Gasteiger partial charge in [0, 0.05) is 40.7 Å². The molecule has 19 heavy (non-hydrogen) atoms. The maximum atomic E-state index is 8.68. The molecule has 0 atom stereocenters. The van der Waals surface area contributed by atoms with E-state index in [4.69, 9.17) is 5.11 Å². The van der Waals surface area contributed by atoms with Crippen LogP contribution in [0.5, 0.6) is 0 Å². The molecule has 0 aliphatic carbocycles. The molecule has 0 saturated heterocycles. The largest absolute Gasteiger partial charge is 0.395 e. The maximum absolute atomic E-state index is 8.68. The van der Waals surface area contributed by atoms with Gasteiger partial charge in [-0.05, 0) is 13.1 Å². The van der Waals surface area contributed by atoms with Crippen molar-refractivity contribution >= 4 is 22.7 Å². The topological polar surface area (TPSA) is 36.4 Å². The minimum atomic E-state index is 0.125. The van der Waals surface area contributed by atoms with Gasteiger partial charge < -0.3 is 5.11 Å². The normalized spacial score (nSPS) is 10.5. The number of aromatic nitrogens is 1. The molecule has 0 bridgehead atoms. The van der Waals surface area contributed by atoms with Crippen molar-refractivity contribution in [2.45, 2.75) is 19.5 Å². The van der Waals surface area contributed by atoms with Gasteiger partial charge in [0.1, 0.15) is 0 Å². The highest BCUT2D eigenvalue weighted by atomic mass is 32.1. The molecule has 0 aliphatic heterocycles. The van der Waals surface area contributed by atoms with Crippen LogP contribution in [-0.4, -0.2) is 28.6 Å². The Balaban J connectivity index is 1.87. The summed E-state index contributed by atoms with van der Waals surface area (Å²) in [7, 11) is 2.09. The molecule has 0 fully saturated rings. The average molecular weight is 292 g/mol. The zero-order valence-electron chi connectivity index (χ0n) is 10.8. The fourth-order valence-electron chi connectivity index (χ4n) is 1.66. The monoisotopic (exact) mass is 292 g/mol. The third-order valence-corrected chi connectivity index (χ3v) is 4.02. The Hall–Kier alpha value is -1.19. The average Bonchev–Trinajstić information content (AvgIpc) is 3.02. The van der Waals surface area contributed by atoms with E-state index in [0.29, 0.717) is 6.42 Å². The van der Waals surface area contributed by atoms with E-state index in [2.05, 4.69) is 45.6 Å². The first kappa shape index (κ1) is 14.2. The van der Waals surface area contributed by atoms with Crippen LogP contribution in [0.15, 0.2) is 22.3 Å². The van der Waals surface area contributed by atoms with Crippen LogP contribution in [0.2, 0.25) is 0 Å². The highest BCUT2D eigenvalue weighted by Gasteiger charge is 2.05. The molecule has 3 nitrogen and oxygen atoms in total. The van der Waals surface area contributed by atoms with Crippen LogP contribution in [0.1, 0.15) is 22.6 Å². The summed E-state index contributed by atoms with van der Waals surface area (Å²) in [4.78, 5) is 7.83. The van der Waals surface area contributed by atoms with E-state index in [1.54, 1.807) is 22.7 Å². The molecular weight excluding hydrogens is 276 g/mol. The number of hydrogen-bond acceptors (Lipinski definition) is 5. The molecule has 0 aromatic carbocycles. The number of thiophene rings is 1. The van der Waals surface area contributed by atoms with Crippen LogP contribution in [0, 0.1) is 11.8 Å². The van der Waals surface area contributed by atoms with E-state index < -0.39 is 0 Å². The molecule has 2 heterocycles. The van der Waals surface area contributed by atoms with Crippen molar-refractivity contribution in [3.8, 4) is 11.8 Å². The fraction of sp³-hybridized carbons (Fsp3) is 0.357. The lowest BCUT2D eigenvalue weighted by molar-refractivity contribution is 0.305.